The van der Waals surface area contributed by atoms with Gasteiger partial charge in [0.2, 0.25) is 11.6 Å². The number of Topliss-reactive ketones (excluding diaryl/α,β-unsaturated/α-hetero) is 2. The number of hydrogen-bond donors (Lipinski definition) is 1. The standard InChI is InChI=1S/C8H7NO5/c1-4-7(14-3-9-4)5(10)2-6(11)8(12)13/h3H,2H2,1H3,(H,12,13). The Morgan fingerprint density at radius 3 is 2.57 bits per heavy atom. The van der Waals surface area contributed by atoms with Crippen molar-refractivity contribution in [2.75, 3.05) is 0 Å². The smallest absolute Gasteiger partial charge is 0.372 e. The van der Waals surface area contributed by atoms with E-state index in [0.717, 1.165) is 6.39 Å². The summed E-state index contributed by atoms with van der Waals surface area (Å²) in [4.78, 5) is 35.7. The molecule has 0 bridgehead atoms. The van der Waals surface area contributed by atoms with Crippen molar-refractivity contribution in [3.8, 4) is 0 Å². The number of rotatable bonds is 4. The van der Waals surface area contributed by atoms with E-state index < -0.39 is 24.0 Å². The predicted octanol–water partition coefficient (Wildman–Crippen LogP) is 0.210. The van der Waals surface area contributed by atoms with Crippen LogP contribution in [0.5, 0.6) is 0 Å². The number of aromatic nitrogens is 1. The zero-order valence-corrected chi connectivity index (χ0v) is 7.31. The molecule has 1 heterocycles. The van der Waals surface area contributed by atoms with Gasteiger partial charge in [-0.05, 0) is 6.92 Å². The molecule has 0 amide bonds. The molecule has 1 aromatic heterocycles. The third kappa shape index (κ3) is 2.03. The lowest BCUT2D eigenvalue weighted by molar-refractivity contribution is -0.148. The van der Waals surface area contributed by atoms with E-state index in [1.165, 1.54) is 6.92 Å². The number of aliphatic carboxylic acids is 1. The predicted molar refractivity (Wildman–Crippen MR) is 42.8 cm³/mol. The van der Waals surface area contributed by atoms with Crippen LogP contribution in [0.2, 0.25) is 0 Å². The van der Waals surface area contributed by atoms with Crippen LogP contribution < -0.4 is 0 Å². The topological polar surface area (TPSA) is 97.5 Å². The summed E-state index contributed by atoms with van der Waals surface area (Å²) in [6.45, 7) is 1.53. The fraction of sp³-hybridized carbons (Fsp3) is 0.250. The van der Waals surface area contributed by atoms with Gasteiger partial charge in [0.15, 0.2) is 12.2 Å². The third-order valence-electron chi connectivity index (χ3n) is 1.56. The van der Waals surface area contributed by atoms with Gasteiger partial charge < -0.3 is 9.52 Å². The lowest BCUT2D eigenvalue weighted by Crippen LogP contribution is -2.17. The molecule has 6 nitrogen and oxygen atoms in total. The molecule has 0 aromatic carbocycles. The maximum Gasteiger partial charge on any atom is 0.372 e. The number of ketones is 2. The summed E-state index contributed by atoms with van der Waals surface area (Å²) in [5, 5.41) is 8.25. The largest absolute Gasteiger partial charge is 0.475 e. The molecule has 74 valence electrons. The number of aryl methyl sites for hydroxylation is 1. The second kappa shape index (κ2) is 3.82. The first-order chi connectivity index (χ1) is 6.52. The fourth-order valence-corrected chi connectivity index (χ4v) is 0.871. The lowest BCUT2D eigenvalue weighted by atomic mass is 10.1. The van der Waals surface area contributed by atoms with Crippen LogP contribution in [0.1, 0.15) is 22.7 Å². The average molecular weight is 197 g/mol. The van der Waals surface area contributed by atoms with Crippen LogP contribution in [0.3, 0.4) is 0 Å². The Labute approximate surface area is 78.5 Å². The van der Waals surface area contributed by atoms with E-state index >= 15 is 0 Å². The minimum absolute atomic E-state index is 0.0698. The molecule has 0 saturated carbocycles. The quantitative estimate of drug-likeness (QED) is 0.421. The van der Waals surface area contributed by atoms with E-state index in [9.17, 15) is 14.4 Å². The molecule has 0 aliphatic carbocycles. The van der Waals surface area contributed by atoms with Crippen molar-refractivity contribution in [3.05, 3.63) is 17.8 Å². The second-order valence-corrected chi connectivity index (χ2v) is 2.60. The highest BCUT2D eigenvalue weighted by Crippen LogP contribution is 2.08. The highest BCUT2D eigenvalue weighted by molar-refractivity contribution is 6.37. The fourth-order valence-electron chi connectivity index (χ4n) is 0.871. The molecule has 0 spiro atoms. The number of nitrogens with zero attached hydrogens (tertiary/aromatic N) is 1. The van der Waals surface area contributed by atoms with Gasteiger partial charge in [0.05, 0.1) is 12.1 Å². The van der Waals surface area contributed by atoms with Crippen molar-refractivity contribution < 1.29 is 23.9 Å². The summed E-state index contributed by atoms with van der Waals surface area (Å²) < 4.78 is 4.70. The monoisotopic (exact) mass is 197 g/mol. The molecule has 14 heavy (non-hydrogen) atoms. The van der Waals surface area contributed by atoms with Crippen molar-refractivity contribution in [2.24, 2.45) is 0 Å². The number of carbonyl (C=O) groups is 3. The Morgan fingerprint density at radius 2 is 2.14 bits per heavy atom. The molecule has 1 aromatic rings. The van der Waals surface area contributed by atoms with Crippen LogP contribution in [0.4, 0.5) is 0 Å². The van der Waals surface area contributed by atoms with E-state index in [4.69, 9.17) is 9.52 Å². The van der Waals surface area contributed by atoms with Gasteiger partial charge in [0.1, 0.15) is 0 Å². The first kappa shape index (κ1) is 10.1. The SMILES string of the molecule is Cc1ncoc1C(=O)CC(=O)C(=O)O. The minimum atomic E-state index is -1.63. The molecular formula is C8H7NO5. The number of hydrogen-bond acceptors (Lipinski definition) is 5. The third-order valence-corrected chi connectivity index (χ3v) is 1.56. The zero-order chi connectivity index (χ0) is 10.7. The normalized spacial score (nSPS) is 9.79. The van der Waals surface area contributed by atoms with Crippen LogP contribution in [0.15, 0.2) is 10.8 Å². The Morgan fingerprint density at radius 1 is 1.50 bits per heavy atom. The molecule has 0 aliphatic rings. The van der Waals surface area contributed by atoms with Crippen LogP contribution in [0.25, 0.3) is 0 Å². The van der Waals surface area contributed by atoms with Crippen molar-refractivity contribution >= 4 is 17.5 Å². The average Bonchev–Trinajstić information content (AvgIpc) is 2.51. The molecule has 0 unspecified atom stereocenters. The van der Waals surface area contributed by atoms with E-state index in [0.29, 0.717) is 5.69 Å². The number of carboxylic acid groups (broad SMARTS) is 1. The maximum absolute atomic E-state index is 11.2. The van der Waals surface area contributed by atoms with Gasteiger partial charge in [-0.25, -0.2) is 9.78 Å². The minimum Gasteiger partial charge on any atom is -0.475 e. The first-order valence-corrected chi connectivity index (χ1v) is 3.71. The number of oxazole rings is 1. The van der Waals surface area contributed by atoms with Gasteiger partial charge in [-0.1, -0.05) is 0 Å². The first-order valence-electron chi connectivity index (χ1n) is 3.71. The Bertz CT molecular complexity index is 392. The second-order valence-electron chi connectivity index (χ2n) is 2.60. The summed E-state index contributed by atoms with van der Waals surface area (Å²) in [6.07, 6.45) is 0.360. The van der Waals surface area contributed by atoms with Crippen molar-refractivity contribution in [3.63, 3.8) is 0 Å². The molecule has 0 fully saturated rings. The van der Waals surface area contributed by atoms with E-state index in [-0.39, 0.29) is 5.76 Å². The van der Waals surface area contributed by atoms with E-state index in [1.807, 2.05) is 0 Å². The van der Waals surface area contributed by atoms with Gasteiger partial charge in [0.25, 0.3) is 0 Å². The highest BCUT2D eigenvalue weighted by atomic mass is 16.4. The summed E-state index contributed by atoms with van der Waals surface area (Å²) in [6, 6.07) is 0. The summed E-state index contributed by atoms with van der Waals surface area (Å²) in [5.74, 6) is -3.53. The molecule has 6 heteroatoms. The molecule has 0 aliphatic heterocycles. The summed E-state index contributed by atoms with van der Waals surface area (Å²) >= 11 is 0. The van der Waals surface area contributed by atoms with Gasteiger partial charge in [-0.3, -0.25) is 9.59 Å². The Hall–Kier alpha value is -1.98. The molecule has 0 atom stereocenters. The van der Waals surface area contributed by atoms with Crippen molar-refractivity contribution in [1.82, 2.24) is 4.98 Å². The van der Waals surface area contributed by atoms with Crippen LogP contribution in [-0.4, -0.2) is 27.6 Å². The molecular weight excluding hydrogens is 190 g/mol. The molecule has 0 radical (unpaired) electrons. The molecule has 1 N–H and O–H groups in total. The van der Waals surface area contributed by atoms with Crippen molar-refractivity contribution in [2.45, 2.75) is 13.3 Å². The molecule has 1 rings (SSSR count). The summed E-state index contributed by atoms with van der Waals surface area (Å²) in [5.41, 5.74) is 0.341. The Balaban J connectivity index is 2.74. The Kier molecular flexibility index (Phi) is 2.76. The zero-order valence-electron chi connectivity index (χ0n) is 7.31. The van der Waals surface area contributed by atoms with Gasteiger partial charge in [-0.2, -0.15) is 0 Å². The molecule has 0 saturated heterocycles. The van der Waals surface area contributed by atoms with E-state index in [1.54, 1.807) is 0 Å². The number of carbonyl (C=O) groups excluding carboxylic acids is 2. The number of carboxylic acids is 1. The van der Waals surface area contributed by atoms with Crippen LogP contribution >= 0.6 is 0 Å². The van der Waals surface area contributed by atoms with Crippen molar-refractivity contribution in [1.29, 1.82) is 0 Å². The van der Waals surface area contributed by atoms with Gasteiger partial charge in [-0.15, -0.1) is 0 Å². The summed E-state index contributed by atoms with van der Waals surface area (Å²) in [7, 11) is 0. The highest BCUT2D eigenvalue weighted by Gasteiger charge is 2.21. The van der Waals surface area contributed by atoms with Crippen LogP contribution in [0, 0.1) is 6.92 Å². The lowest BCUT2D eigenvalue weighted by Gasteiger charge is -1.93. The van der Waals surface area contributed by atoms with Gasteiger partial charge in [0, 0.05) is 0 Å². The maximum atomic E-state index is 11.2. The van der Waals surface area contributed by atoms with Crippen LogP contribution in [-0.2, 0) is 9.59 Å². The van der Waals surface area contributed by atoms with Gasteiger partial charge >= 0.3 is 5.97 Å². The van der Waals surface area contributed by atoms with E-state index in [2.05, 4.69) is 4.98 Å².